The minimum atomic E-state index is -0.750. The number of amides is 3. The molecule has 3 amide bonds. The van der Waals surface area contributed by atoms with E-state index in [9.17, 15) is 14.4 Å². The van der Waals surface area contributed by atoms with E-state index in [-0.39, 0.29) is 24.4 Å². The van der Waals surface area contributed by atoms with Gasteiger partial charge in [0.15, 0.2) is 0 Å². The fraction of sp³-hybridized carbons (Fsp3) is 0.710. The van der Waals surface area contributed by atoms with Crippen LogP contribution >= 0.6 is 0 Å². The number of alkyl carbamates (subject to hydrolysis) is 1. The maximum absolute atomic E-state index is 13.9. The predicted octanol–water partition coefficient (Wildman–Crippen LogP) is 6.51. The Labute approximate surface area is 230 Å². The molecule has 1 aromatic rings. The van der Waals surface area contributed by atoms with E-state index < -0.39 is 17.7 Å². The van der Waals surface area contributed by atoms with E-state index in [0.717, 1.165) is 61.6 Å². The lowest BCUT2D eigenvalue weighted by molar-refractivity contribution is -0.140. The lowest BCUT2D eigenvalue weighted by Crippen LogP contribution is -2.50. The molecule has 0 saturated heterocycles. The van der Waals surface area contributed by atoms with E-state index in [0.29, 0.717) is 6.54 Å². The molecule has 2 N–H and O–H groups in total. The quantitative estimate of drug-likeness (QED) is 0.285. The molecule has 0 aromatic heterocycles. The number of nitrogens with one attached hydrogen (secondary N) is 2. The van der Waals surface area contributed by atoms with Gasteiger partial charge in [0.1, 0.15) is 18.2 Å². The van der Waals surface area contributed by atoms with Gasteiger partial charge in [0.2, 0.25) is 11.8 Å². The second kappa shape index (κ2) is 15.7. The minimum Gasteiger partial charge on any atom is -0.444 e. The molecule has 1 saturated carbocycles. The van der Waals surface area contributed by atoms with Gasteiger partial charge in [-0.2, -0.15) is 0 Å². The second-order valence-corrected chi connectivity index (χ2v) is 11.8. The van der Waals surface area contributed by atoms with Crippen LogP contribution in [0.2, 0.25) is 0 Å². The summed E-state index contributed by atoms with van der Waals surface area (Å²) in [5, 5.41) is 5.88. The average Bonchev–Trinajstić information content (AvgIpc) is 2.85. The van der Waals surface area contributed by atoms with Crippen LogP contribution in [0.25, 0.3) is 0 Å². The highest BCUT2D eigenvalue weighted by molar-refractivity contribution is 5.90. The zero-order chi connectivity index (χ0) is 28.1. The molecule has 38 heavy (non-hydrogen) atoms. The van der Waals surface area contributed by atoms with Crippen molar-refractivity contribution in [3.63, 3.8) is 0 Å². The molecule has 0 radical (unpaired) electrons. The smallest absolute Gasteiger partial charge is 0.408 e. The summed E-state index contributed by atoms with van der Waals surface area (Å²) < 4.78 is 5.33. The fourth-order valence-electron chi connectivity index (χ4n) is 5.06. The SMILES string of the molecule is CCCCCCCCN(C(=O)CNC(=O)OC(C)(C)C)C(C(=O)NC1CCCCC1)c1cc(C)ccc1C. The summed E-state index contributed by atoms with van der Waals surface area (Å²) in [5.74, 6) is -0.420. The summed E-state index contributed by atoms with van der Waals surface area (Å²) in [5.41, 5.74) is 2.20. The number of aryl methyl sites for hydroxylation is 2. The van der Waals surface area contributed by atoms with Crippen LogP contribution in [0.1, 0.15) is 121 Å². The lowest BCUT2D eigenvalue weighted by Gasteiger charge is -2.34. The molecule has 0 aliphatic heterocycles. The molecule has 7 heteroatoms. The van der Waals surface area contributed by atoms with Crippen molar-refractivity contribution in [3.8, 4) is 0 Å². The van der Waals surface area contributed by atoms with Crippen LogP contribution in [0.5, 0.6) is 0 Å². The first-order valence-electron chi connectivity index (χ1n) is 14.7. The summed E-state index contributed by atoms with van der Waals surface area (Å²) in [6.07, 6.45) is 11.2. The van der Waals surface area contributed by atoms with Gasteiger partial charge < -0.3 is 20.3 Å². The van der Waals surface area contributed by atoms with Gasteiger partial charge in [0.25, 0.3) is 0 Å². The van der Waals surface area contributed by atoms with Crippen molar-refractivity contribution < 1.29 is 19.1 Å². The highest BCUT2D eigenvalue weighted by atomic mass is 16.6. The molecule has 0 spiro atoms. The van der Waals surface area contributed by atoms with Crippen molar-refractivity contribution in [2.75, 3.05) is 13.1 Å². The van der Waals surface area contributed by atoms with Gasteiger partial charge in [0.05, 0.1) is 0 Å². The van der Waals surface area contributed by atoms with Gasteiger partial charge in [-0.25, -0.2) is 4.79 Å². The Morgan fingerprint density at radius 3 is 2.32 bits per heavy atom. The third-order valence-corrected chi connectivity index (χ3v) is 7.10. The maximum atomic E-state index is 13.9. The average molecular weight is 530 g/mol. The molecular formula is C31H51N3O4. The number of nitrogens with zero attached hydrogens (tertiary/aromatic N) is 1. The predicted molar refractivity (Wildman–Crippen MR) is 153 cm³/mol. The van der Waals surface area contributed by atoms with E-state index in [1.54, 1.807) is 25.7 Å². The Hall–Kier alpha value is -2.57. The Morgan fingerprint density at radius 2 is 1.66 bits per heavy atom. The molecule has 1 aliphatic carbocycles. The summed E-state index contributed by atoms with van der Waals surface area (Å²) >= 11 is 0. The summed E-state index contributed by atoms with van der Waals surface area (Å²) in [6, 6.07) is 5.44. The largest absolute Gasteiger partial charge is 0.444 e. The molecule has 0 bridgehead atoms. The van der Waals surface area contributed by atoms with Gasteiger partial charge in [-0.3, -0.25) is 9.59 Å². The van der Waals surface area contributed by atoms with Crippen LogP contribution in [-0.4, -0.2) is 47.5 Å². The number of hydrogen-bond acceptors (Lipinski definition) is 4. The molecule has 1 aromatic carbocycles. The van der Waals surface area contributed by atoms with Crippen LogP contribution in [0.3, 0.4) is 0 Å². The summed E-state index contributed by atoms with van der Waals surface area (Å²) in [7, 11) is 0. The molecule has 2 rings (SSSR count). The molecule has 1 fully saturated rings. The highest BCUT2D eigenvalue weighted by Crippen LogP contribution is 2.28. The van der Waals surface area contributed by atoms with Crippen molar-refractivity contribution >= 4 is 17.9 Å². The monoisotopic (exact) mass is 529 g/mol. The summed E-state index contributed by atoms with van der Waals surface area (Å²) in [4.78, 5) is 41.5. The Bertz CT molecular complexity index is 903. The maximum Gasteiger partial charge on any atom is 0.408 e. The first-order chi connectivity index (χ1) is 18.0. The number of carbonyl (C=O) groups is 3. The highest BCUT2D eigenvalue weighted by Gasteiger charge is 2.34. The molecule has 0 heterocycles. The number of rotatable bonds is 13. The van der Waals surface area contributed by atoms with Gasteiger partial charge >= 0.3 is 6.09 Å². The second-order valence-electron chi connectivity index (χ2n) is 11.8. The van der Waals surface area contributed by atoms with Crippen LogP contribution in [0, 0.1) is 13.8 Å². The van der Waals surface area contributed by atoms with Crippen molar-refractivity contribution in [2.45, 2.75) is 130 Å². The molecule has 214 valence electrons. The minimum absolute atomic E-state index is 0.134. The first kappa shape index (κ1) is 31.6. The number of benzene rings is 1. The van der Waals surface area contributed by atoms with Gasteiger partial charge in [-0.05, 0) is 65.0 Å². The molecule has 1 atom stereocenters. The Kier molecular flexibility index (Phi) is 13.1. The van der Waals surface area contributed by atoms with E-state index >= 15 is 0 Å². The molecule has 1 unspecified atom stereocenters. The topological polar surface area (TPSA) is 87.7 Å². The number of ether oxygens (including phenoxy) is 1. The zero-order valence-corrected chi connectivity index (χ0v) is 24.7. The van der Waals surface area contributed by atoms with E-state index in [1.807, 2.05) is 32.0 Å². The van der Waals surface area contributed by atoms with Crippen molar-refractivity contribution in [1.82, 2.24) is 15.5 Å². The van der Waals surface area contributed by atoms with E-state index in [4.69, 9.17) is 4.74 Å². The standard InChI is InChI=1S/C31H51N3O4/c1-7-8-9-10-11-15-20-34(27(35)22-32-30(37)38-31(4,5)6)28(26-21-23(2)18-19-24(26)3)29(36)33-25-16-13-12-14-17-25/h18-19,21,25,28H,7-17,20,22H2,1-6H3,(H,32,37)(H,33,36). The molecule has 1 aliphatic rings. The fourth-order valence-corrected chi connectivity index (χ4v) is 5.06. The third kappa shape index (κ3) is 11.0. The zero-order valence-electron chi connectivity index (χ0n) is 24.7. The van der Waals surface area contributed by atoms with Crippen LogP contribution in [-0.2, 0) is 14.3 Å². The van der Waals surface area contributed by atoms with Crippen molar-refractivity contribution in [1.29, 1.82) is 0 Å². The number of hydrogen-bond donors (Lipinski definition) is 2. The van der Waals surface area contributed by atoms with Crippen LogP contribution < -0.4 is 10.6 Å². The van der Waals surface area contributed by atoms with Crippen molar-refractivity contribution in [3.05, 3.63) is 34.9 Å². The van der Waals surface area contributed by atoms with Crippen LogP contribution in [0.15, 0.2) is 18.2 Å². The number of carbonyl (C=O) groups excluding carboxylic acids is 3. The van der Waals surface area contributed by atoms with E-state index in [1.165, 1.54) is 25.7 Å². The third-order valence-electron chi connectivity index (χ3n) is 7.10. The molecular weight excluding hydrogens is 478 g/mol. The Balaban J connectivity index is 2.30. The van der Waals surface area contributed by atoms with E-state index in [2.05, 4.69) is 17.6 Å². The number of unbranched alkanes of at least 4 members (excludes halogenated alkanes) is 5. The summed E-state index contributed by atoms with van der Waals surface area (Å²) in [6.45, 7) is 11.8. The first-order valence-corrected chi connectivity index (χ1v) is 14.7. The Morgan fingerprint density at radius 1 is 1.00 bits per heavy atom. The molecule has 7 nitrogen and oxygen atoms in total. The van der Waals surface area contributed by atoms with Gasteiger partial charge in [-0.15, -0.1) is 0 Å². The van der Waals surface area contributed by atoms with Crippen LogP contribution in [0.4, 0.5) is 4.79 Å². The normalized spacial score (nSPS) is 15.0. The van der Waals surface area contributed by atoms with Gasteiger partial charge in [-0.1, -0.05) is 82.1 Å². The lowest BCUT2D eigenvalue weighted by atomic mass is 9.93. The van der Waals surface area contributed by atoms with Gasteiger partial charge in [0, 0.05) is 12.6 Å². The van der Waals surface area contributed by atoms with Crippen molar-refractivity contribution in [2.24, 2.45) is 0 Å².